The van der Waals surface area contributed by atoms with Crippen molar-refractivity contribution < 1.29 is 14.4 Å². The highest BCUT2D eigenvalue weighted by Gasteiger charge is 2.41. The minimum absolute atomic E-state index is 0.331. The molecule has 0 bridgehead atoms. The molecule has 4 aromatic rings. The Morgan fingerprint density at radius 1 is 0.694 bits per heavy atom. The Morgan fingerprint density at radius 2 is 1.19 bits per heavy atom. The molecule has 5 heteroatoms. The van der Waals surface area contributed by atoms with Crippen molar-refractivity contribution in [3.05, 3.63) is 131 Å². The first-order chi connectivity index (χ1) is 17.5. The van der Waals surface area contributed by atoms with Gasteiger partial charge in [0.15, 0.2) is 0 Å². The Hall–Kier alpha value is -4.51. The lowest BCUT2D eigenvalue weighted by molar-refractivity contribution is -0.125. The van der Waals surface area contributed by atoms with Gasteiger partial charge in [0.05, 0.1) is 17.2 Å². The second kappa shape index (κ2) is 10.0. The van der Waals surface area contributed by atoms with E-state index < -0.39 is 17.9 Å². The highest BCUT2D eigenvalue weighted by Crippen LogP contribution is 2.27. The molecular weight excluding hydrogens is 448 g/mol. The summed E-state index contributed by atoms with van der Waals surface area (Å²) in [6.45, 7) is 1.59. The Bertz CT molecular complexity index is 1360. The van der Waals surface area contributed by atoms with Gasteiger partial charge in [-0.3, -0.25) is 19.3 Å². The van der Waals surface area contributed by atoms with E-state index in [-0.39, 0.29) is 11.9 Å². The number of nitrogens with one attached hydrogen (secondary N) is 1. The van der Waals surface area contributed by atoms with Crippen LogP contribution in [0.4, 0.5) is 0 Å². The number of imide groups is 1. The summed E-state index contributed by atoms with van der Waals surface area (Å²) in [5, 5.41) is 3.10. The summed E-state index contributed by atoms with van der Waals surface area (Å²) in [5.74, 6) is -1.26. The fourth-order valence-corrected chi connectivity index (χ4v) is 4.61. The van der Waals surface area contributed by atoms with Gasteiger partial charge in [-0.25, -0.2) is 0 Å². The van der Waals surface area contributed by atoms with Gasteiger partial charge < -0.3 is 5.32 Å². The van der Waals surface area contributed by atoms with Crippen LogP contribution in [-0.4, -0.2) is 28.7 Å². The van der Waals surface area contributed by atoms with E-state index in [1.54, 1.807) is 31.2 Å². The topological polar surface area (TPSA) is 66.5 Å². The lowest BCUT2D eigenvalue weighted by Gasteiger charge is -2.26. The van der Waals surface area contributed by atoms with E-state index in [0.717, 1.165) is 27.2 Å². The molecule has 4 aromatic carbocycles. The lowest BCUT2D eigenvalue weighted by Crippen LogP contribution is -2.48. The van der Waals surface area contributed by atoms with Crippen LogP contribution in [0, 0.1) is 0 Å². The van der Waals surface area contributed by atoms with Gasteiger partial charge in [0.2, 0.25) is 5.91 Å². The molecule has 0 saturated heterocycles. The van der Waals surface area contributed by atoms with Crippen molar-refractivity contribution in [1.29, 1.82) is 0 Å². The fourth-order valence-electron chi connectivity index (χ4n) is 4.61. The minimum atomic E-state index is -0.945. The molecule has 0 aliphatic carbocycles. The number of rotatable bonds is 7. The van der Waals surface area contributed by atoms with Crippen LogP contribution in [0.1, 0.15) is 44.8 Å². The van der Waals surface area contributed by atoms with Gasteiger partial charge in [0, 0.05) is 0 Å². The molecule has 0 saturated carbocycles. The Morgan fingerprint density at radius 3 is 1.78 bits per heavy atom. The maximum atomic E-state index is 13.4. The highest BCUT2D eigenvalue weighted by atomic mass is 16.2. The third-order valence-corrected chi connectivity index (χ3v) is 6.61. The standard InChI is InChI=1S/C31H26N2O3/c1-21(33-30(35)26-14-8-9-15-27(26)31(33)36)29(34)32-28(20-22-10-4-2-5-11-22)25-18-16-24(17-19-25)23-12-6-3-7-13-23/h2-19,21,28H,20H2,1H3,(H,32,34). The summed E-state index contributed by atoms with van der Waals surface area (Å²) in [6.07, 6.45) is 0.575. The number of amides is 3. The van der Waals surface area contributed by atoms with Crippen LogP contribution in [0.3, 0.4) is 0 Å². The molecule has 5 nitrogen and oxygen atoms in total. The zero-order valence-corrected chi connectivity index (χ0v) is 19.9. The molecule has 0 aromatic heterocycles. The number of carbonyl (C=O) groups is 3. The van der Waals surface area contributed by atoms with Crippen LogP contribution in [-0.2, 0) is 11.2 Å². The number of fused-ring (bicyclic) bond motifs is 1. The summed E-state index contributed by atoms with van der Waals surface area (Å²) < 4.78 is 0. The van der Waals surface area contributed by atoms with E-state index in [4.69, 9.17) is 0 Å². The van der Waals surface area contributed by atoms with Gasteiger partial charge >= 0.3 is 0 Å². The van der Waals surface area contributed by atoms with Gasteiger partial charge in [-0.05, 0) is 47.7 Å². The minimum Gasteiger partial charge on any atom is -0.347 e. The summed E-state index contributed by atoms with van der Waals surface area (Å²) in [4.78, 5) is 40.2. The van der Waals surface area contributed by atoms with Crippen molar-refractivity contribution >= 4 is 17.7 Å². The molecule has 0 spiro atoms. The molecule has 2 atom stereocenters. The number of hydrogen-bond acceptors (Lipinski definition) is 3. The predicted octanol–water partition coefficient (Wildman–Crippen LogP) is 5.44. The summed E-state index contributed by atoms with van der Waals surface area (Å²) in [6, 6.07) is 33.5. The molecule has 178 valence electrons. The molecular formula is C31H26N2O3. The third kappa shape index (κ3) is 4.56. The highest BCUT2D eigenvalue weighted by molar-refractivity contribution is 6.22. The van der Waals surface area contributed by atoms with Gasteiger partial charge in [0.1, 0.15) is 6.04 Å². The Balaban J connectivity index is 1.39. The molecule has 3 amide bonds. The van der Waals surface area contributed by atoms with Crippen LogP contribution < -0.4 is 5.32 Å². The molecule has 1 N–H and O–H groups in total. The summed E-state index contributed by atoms with van der Waals surface area (Å²) in [5.41, 5.74) is 4.89. The third-order valence-electron chi connectivity index (χ3n) is 6.61. The monoisotopic (exact) mass is 474 g/mol. The van der Waals surface area contributed by atoms with Gasteiger partial charge in [0.25, 0.3) is 11.8 Å². The Labute approximate surface area is 210 Å². The van der Waals surface area contributed by atoms with Crippen molar-refractivity contribution in [2.24, 2.45) is 0 Å². The lowest BCUT2D eigenvalue weighted by atomic mass is 9.96. The number of carbonyl (C=O) groups excluding carboxylic acids is 3. The average molecular weight is 475 g/mol. The van der Waals surface area contributed by atoms with E-state index in [0.29, 0.717) is 17.5 Å². The molecule has 0 radical (unpaired) electrons. The van der Waals surface area contributed by atoms with Crippen LogP contribution in [0.15, 0.2) is 109 Å². The number of nitrogens with zero attached hydrogens (tertiary/aromatic N) is 1. The average Bonchev–Trinajstić information content (AvgIpc) is 3.18. The molecule has 36 heavy (non-hydrogen) atoms. The normalized spacial score (nSPS) is 14.3. The van der Waals surface area contributed by atoms with Gasteiger partial charge in [-0.2, -0.15) is 0 Å². The van der Waals surface area contributed by atoms with Crippen LogP contribution in [0.2, 0.25) is 0 Å². The van der Waals surface area contributed by atoms with E-state index in [1.165, 1.54) is 0 Å². The zero-order valence-electron chi connectivity index (χ0n) is 19.9. The molecule has 1 heterocycles. The van der Waals surface area contributed by atoms with Gasteiger partial charge in [-0.15, -0.1) is 0 Å². The van der Waals surface area contributed by atoms with Crippen LogP contribution >= 0.6 is 0 Å². The zero-order chi connectivity index (χ0) is 25.1. The first-order valence-electron chi connectivity index (χ1n) is 12.0. The largest absolute Gasteiger partial charge is 0.347 e. The van der Waals surface area contributed by atoms with E-state index >= 15 is 0 Å². The SMILES string of the molecule is CC(C(=O)NC(Cc1ccccc1)c1ccc(-c2ccccc2)cc1)N1C(=O)c2ccccc2C1=O. The molecule has 0 fully saturated rings. The molecule has 1 aliphatic rings. The quantitative estimate of drug-likeness (QED) is 0.363. The van der Waals surface area contributed by atoms with E-state index in [9.17, 15) is 14.4 Å². The van der Waals surface area contributed by atoms with Crippen LogP contribution in [0.5, 0.6) is 0 Å². The first kappa shape index (κ1) is 23.2. The van der Waals surface area contributed by atoms with Crippen molar-refractivity contribution in [2.75, 3.05) is 0 Å². The number of hydrogen-bond donors (Lipinski definition) is 1. The van der Waals surface area contributed by atoms with Crippen molar-refractivity contribution in [1.82, 2.24) is 10.2 Å². The molecule has 5 rings (SSSR count). The van der Waals surface area contributed by atoms with Crippen LogP contribution in [0.25, 0.3) is 11.1 Å². The maximum Gasteiger partial charge on any atom is 0.262 e. The van der Waals surface area contributed by atoms with Crippen molar-refractivity contribution in [3.8, 4) is 11.1 Å². The van der Waals surface area contributed by atoms with E-state index in [1.807, 2.05) is 72.8 Å². The second-order valence-electron chi connectivity index (χ2n) is 8.94. The molecule has 2 unspecified atom stereocenters. The van der Waals surface area contributed by atoms with E-state index in [2.05, 4.69) is 17.4 Å². The molecule has 1 aliphatic heterocycles. The smallest absolute Gasteiger partial charge is 0.262 e. The van der Waals surface area contributed by atoms with Crippen molar-refractivity contribution in [3.63, 3.8) is 0 Å². The van der Waals surface area contributed by atoms with Crippen molar-refractivity contribution in [2.45, 2.75) is 25.4 Å². The second-order valence-corrected chi connectivity index (χ2v) is 8.94. The van der Waals surface area contributed by atoms with Gasteiger partial charge in [-0.1, -0.05) is 97.1 Å². The predicted molar refractivity (Wildman–Crippen MR) is 139 cm³/mol. The summed E-state index contributed by atoms with van der Waals surface area (Å²) >= 11 is 0. The maximum absolute atomic E-state index is 13.4. The number of benzene rings is 4. The fraction of sp³-hybridized carbons (Fsp3) is 0.129. The Kier molecular flexibility index (Phi) is 6.46. The first-order valence-corrected chi connectivity index (χ1v) is 12.0. The summed E-state index contributed by atoms with van der Waals surface area (Å²) in [7, 11) is 0.